The maximum Gasteiger partial charge on any atom is 0.0243 e. The summed E-state index contributed by atoms with van der Waals surface area (Å²) in [6.07, 6.45) is 1.25. The fraction of sp³-hybridized carbons (Fsp3) is 0.667. The Kier molecular flexibility index (Phi) is 4.87. The second kappa shape index (κ2) is 6.28. The smallest absolute Gasteiger partial charge is 0.0243 e. The molecule has 1 aromatic rings. The summed E-state index contributed by atoms with van der Waals surface area (Å²) >= 11 is 0. The van der Waals surface area contributed by atoms with E-state index in [1.807, 2.05) is 0 Å². The molecule has 0 bridgehead atoms. The number of rotatable bonds is 2. The Labute approximate surface area is 124 Å². The molecule has 1 N–H and O–H groups in total. The van der Waals surface area contributed by atoms with Crippen LogP contribution in [0, 0.1) is 19.3 Å². The van der Waals surface area contributed by atoms with Crippen molar-refractivity contribution in [3.63, 3.8) is 0 Å². The van der Waals surface area contributed by atoms with E-state index in [9.17, 15) is 0 Å². The molecule has 1 saturated heterocycles. The van der Waals surface area contributed by atoms with Crippen LogP contribution in [0.1, 0.15) is 43.9 Å². The molecule has 1 aliphatic rings. The van der Waals surface area contributed by atoms with Gasteiger partial charge in [0.15, 0.2) is 0 Å². The average Bonchev–Trinajstić information content (AvgIpc) is 2.59. The van der Waals surface area contributed by atoms with Crippen molar-refractivity contribution >= 4 is 0 Å². The molecule has 1 fully saturated rings. The van der Waals surface area contributed by atoms with Gasteiger partial charge in [0.05, 0.1) is 0 Å². The summed E-state index contributed by atoms with van der Waals surface area (Å²) in [6, 6.07) is 7.21. The molecule has 1 atom stereocenters. The number of nitrogens with zero attached hydrogens (tertiary/aromatic N) is 1. The van der Waals surface area contributed by atoms with Crippen LogP contribution >= 0.6 is 0 Å². The number of hydrogen-bond acceptors (Lipinski definition) is 2. The Morgan fingerprint density at radius 2 is 1.85 bits per heavy atom. The van der Waals surface area contributed by atoms with Crippen LogP contribution in [0.15, 0.2) is 18.2 Å². The van der Waals surface area contributed by atoms with Crippen LogP contribution in [0.5, 0.6) is 0 Å². The first-order valence-corrected chi connectivity index (χ1v) is 7.89. The van der Waals surface area contributed by atoms with Crippen LogP contribution in [0.4, 0.5) is 0 Å². The molecule has 0 amide bonds. The summed E-state index contributed by atoms with van der Waals surface area (Å²) < 4.78 is 0. The van der Waals surface area contributed by atoms with E-state index >= 15 is 0 Å². The van der Waals surface area contributed by atoms with Gasteiger partial charge < -0.3 is 5.32 Å². The molecule has 0 aromatic heterocycles. The van der Waals surface area contributed by atoms with Gasteiger partial charge >= 0.3 is 0 Å². The van der Waals surface area contributed by atoms with E-state index in [0.29, 0.717) is 11.5 Å². The lowest BCUT2D eigenvalue weighted by Gasteiger charge is -2.34. The van der Waals surface area contributed by atoms with E-state index < -0.39 is 0 Å². The zero-order valence-electron chi connectivity index (χ0n) is 13.8. The van der Waals surface area contributed by atoms with Crippen molar-refractivity contribution in [2.45, 2.75) is 53.6 Å². The van der Waals surface area contributed by atoms with E-state index in [2.05, 4.69) is 63.0 Å². The van der Waals surface area contributed by atoms with Gasteiger partial charge in [-0.05, 0) is 55.5 Å². The van der Waals surface area contributed by atoms with Gasteiger partial charge in [-0.15, -0.1) is 0 Å². The van der Waals surface area contributed by atoms with Crippen molar-refractivity contribution in [3.8, 4) is 0 Å². The number of aryl methyl sites for hydroxylation is 2. The van der Waals surface area contributed by atoms with Gasteiger partial charge in [0.2, 0.25) is 0 Å². The van der Waals surface area contributed by atoms with Crippen LogP contribution in [-0.2, 0) is 6.54 Å². The normalized spacial score (nSPS) is 21.8. The molecule has 1 unspecified atom stereocenters. The Morgan fingerprint density at radius 1 is 1.20 bits per heavy atom. The summed E-state index contributed by atoms with van der Waals surface area (Å²) in [5.74, 6) is 0. The fourth-order valence-corrected chi connectivity index (χ4v) is 3.04. The Bertz CT molecular complexity index is 425. The molecule has 2 rings (SSSR count). The zero-order valence-corrected chi connectivity index (χ0v) is 13.8. The molecule has 2 nitrogen and oxygen atoms in total. The predicted molar refractivity (Wildman–Crippen MR) is 87.1 cm³/mol. The van der Waals surface area contributed by atoms with Gasteiger partial charge in [-0.1, -0.05) is 39.0 Å². The molecule has 2 heteroatoms. The molecule has 0 aliphatic carbocycles. The summed E-state index contributed by atoms with van der Waals surface area (Å²) in [5.41, 5.74) is 4.69. The van der Waals surface area contributed by atoms with Crippen LogP contribution in [0.3, 0.4) is 0 Å². The molecule has 0 spiro atoms. The lowest BCUT2D eigenvalue weighted by atomic mass is 9.86. The van der Waals surface area contributed by atoms with E-state index in [1.165, 1.54) is 29.7 Å². The number of hydrogen-bond donors (Lipinski definition) is 1. The molecule has 0 radical (unpaired) electrons. The van der Waals surface area contributed by atoms with Gasteiger partial charge in [0.1, 0.15) is 0 Å². The third kappa shape index (κ3) is 3.83. The van der Waals surface area contributed by atoms with Crippen molar-refractivity contribution in [1.29, 1.82) is 0 Å². The summed E-state index contributed by atoms with van der Waals surface area (Å²) in [7, 11) is 0. The summed E-state index contributed by atoms with van der Waals surface area (Å²) in [4.78, 5) is 2.63. The highest BCUT2D eigenvalue weighted by Gasteiger charge is 2.28. The first-order valence-electron chi connectivity index (χ1n) is 7.89. The van der Waals surface area contributed by atoms with Crippen molar-refractivity contribution < 1.29 is 0 Å². The minimum atomic E-state index is 0.323. The van der Waals surface area contributed by atoms with Gasteiger partial charge in [-0.2, -0.15) is 0 Å². The van der Waals surface area contributed by atoms with Crippen molar-refractivity contribution in [2.24, 2.45) is 5.41 Å². The highest BCUT2D eigenvalue weighted by Crippen LogP contribution is 2.23. The van der Waals surface area contributed by atoms with Gasteiger partial charge in [0, 0.05) is 19.1 Å². The standard InChI is InChI=1S/C18H30N2/c1-14-8-6-9-15(2)16(14)12-20-11-7-10-19-17(13-20)18(3,4)5/h6,8-9,17,19H,7,10-13H2,1-5H3. The lowest BCUT2D eigenvalue weighted by molar-refractivity contribution is 0.191. The van der Waals surface area contributed by atoms with Crippen LogP contribution in [0.25, 0.3) is 0 Å². The highest BCUT2D eigenvalue weighted by atomic mass is 15.2. The molecule has 112 valence electrons. The average molecular weight is 274 g/mol. The second-order valence-corrected chi connectivity index (χ2v) is 7.33. The molecule has 1 aliphatic heterocycles. The second-order valence-electron chi connectivity index (χ2n) is 7.33. The Hall–Kier alpha value is -0.860. The topological polar surface area (TPSA) is 15.3 Å². The fourth-order valence-electron chi connectivity index (χ4n) is 3.04. The number of benzene rings is 1. The molecule has 0 saturated carbocycles. The van der Waals surface area contributed by atoms with Crippen molar-refractivity contribution in [1.82, 2.24) is 10.2 Å². The minimum absolute atomic E-state index is 0.323. The van der Waals surface area contributed by atoms with Gasteiger partial charge in [-0.3, -0.25) is 4.90 Å². The SMILES string of the molecule is Cc1cccc(C)c1CN1CCCNC(C(C)(C)C)C1. The van der Waals surface area contributed by atoms with Gasteiger partial charge in [0.25, 0.3) is 0 Å². The first kappa shape index (κ1) is 15.5. The van der Waals surface area contributed by atoms with E-state index in [4.69, 9.17) is 0 Å². The summed E-state index contributed by atoms with van der Waals surface area (Å²) in [5, 5.41) is 3.72. The maximum atomic E-state index is 3.72. The number of nitrogens with one attached hydrogen (secondary N) is 1. The third-order valence-electron chi connectivity index (χ3n) is 4.55. The molecular weight excluding hydrogens is 244 g/mol. The summed E-state index contributed by atoms with van der Waals surface area (Å²) in [6.45, 7) is 16.1. The minimum Gasteiger partial charge on any atom is -0.312 e. The monoisotopic (exact) mass is 274 g/mol. The van der Waals surface area contributed by atoms with Crippen molar-refractivity contribution in [3.05, 3.63) is 34.9 Å². The highest BCUT2D eigenvalue weighted by molar-refractivity contribution is 5.33. The Balaban J connectivity index is 2.12. The van der Waals surface area contributed by atoms with Crippen molar-refractivity contribution in [2.75, 3.05) is 19.6 Å². The Morgan fingerprint density at radius 3 is 2.45 bits per heavy atom. The van der Waals surface area contributed by atoms with Crippen LogP contribution in [0.2, 0.25) is 0 Å². The van der Waals surface area contributed by atoms with E-state index in [-0.39, 0.29) is 0 Å². The van der Waals surface area contributed by atoms with E-state index in [0.717, 1.165) is 19.6 Å². The van der Waals surface area contributed by atoms with Crippen LogP contribution < -0.4 is 5.32 Å². The first-order chi connectivity index (χ1) is 9.38. The third-order valence-corrected chi connectivity index (χ3v) is 4.55. The van der Waals surface area contributed by atoms with Crippen LogP contribution in [-0.4, -0.2) is 30.6 Å². The largest absolute Gasteiger partial charge is 0.312 e. The predicted octanol–water partition coefficient (Wildman–Crippen LogP) is 3.51. The zero-order chi connectivity index (χ0) is 14.8. The van der Waals surface area contributed by atoms with E-state index in [1.54, 1.807) is 0 Å². The molecule has 1 aromatic carbocycles. The van der Waals surface area contributed by atoms with Gasteiger partial charge in [-0.25, -0.2) is 0 Å². The lowest BCUT2D eigenvalue weighted by Crippen LogP contribution is -2.46. The molecule has 1 heterocycles. The quantitative estimate of drug-likeness (QED) is 0.888. The molecular formula is C18H30N2. The maximum absolute atomic E-state index is 3.72. The molecule has 20 heavy (non-hydrogen) atoms.